The molecular formula is C12H22N2O4. The highest BCUT2D eigenvalue weighted by molar-refractivity contribution is 5.76. The molecule has 1 aliphatic rings. The Kier molecular flexibility index (Phi) is 6.67. The van der Waals surface area contributed by atoms with Crippen molar-refractivity contribution in [1.82, 2.24) is 9.80 Å². The van der Waals surface area contributed by atoms with E-state index in [4.69, 9.17) is 9.84 Å². The Balaban J connectivity index is 2.17. The molecule has 1 heterocycles. The molecule has 1 fully saturated rings. The SMILES string of the molecule is CCOCCC(=O)N1CCN(CCC(=O)O)CC1. The number of carbonyl (C=O) groups is 2. The third-order valence-electron chi connectivity index (χ3n) is 3.03. The number of rotatable bonds is 7. The fourth-order valence-corrected chi connectivity index (χ4v) is 1.94. The van der Waals surface area contributed by atoms with Gasteiger partial charge in [0, 0.05) is 39.3 Å². The van der Waals surface area contributed by atoms with Gasteiger partial charge in [0.05, 0.1) is 19.4 Å². The maximum Gasteiger partial charge on any atom is 0.304 e. The zero-order chi connectivity index (χ0) is 13.4. The highest BCUT2D eigenvalue weighted by Crippen LogP contribution is 2.04. The average Bonchev–Trinajstić information content (AvgIpc) is 2.37. The van der Waals surface area contributed by atoms with Crippen LogP contribution < -0.4 is 0 Å². The number of piperazine rings is 1. The molecule has 0 aromatic carbocycles. The molecule has 1 saturated heterocycles. The maximum atomic E-state index is 11.8. The lowest BCUT2D eigenvalue weighted by Crippen LogP contribution is -2.49. The van der Waals surface area contributed by atoms with E-state index in [1.54, 1.807) is 0 Å². The first-order valence-electron chi connectivity index (χ1n) is 6.43. The van der Waals surface area contributed by atoms with Gasteiger partial charge in [-0.1, -0.05) is 0 Å². The minimum absolute atomic E-state index is 0.126. The van der Waals surface area contributed by atoms with E-state index in [0.717, 1.165) is 13.1 Å². The second-order valence-electron chi connectivity index (χ2n) is 4.31. The zero-order valence-electron chi connectivity index (χ0n) is 10.9. The van der Waals surface area contributed by atoms with Crippen molar-refractivity contribution >= 4 is 11.9 Å². The zero-order valence-corrected chi connectivity index (χ0v) is 10.9. The van der Waals surface area contributed by atoms with Crippen molar-refractivity contribution in [3.8, 4) is 0 Å². The first-order chi connectivity index (χ1) is 8.63. The lowest BCUT2D eigenvalue weighted by molar-refractivity contribution is -0.138. The number of aliphatic carboxylic acids is 1. The van der Waals surface area contributed by atoms with Crippen molar-refractivity contribution in [3.63, 3.8) is 0 Å². The average molecular weight is 258 g/mol. The standard InChI is InChI=1S/C12H22N2O4/c1-2-18-10-4-11(15)14-8-6-13(7-9-14)5-3-12(16)17/h2-10H2,1H3,(H,16,17). The van der Waals surface area contributed by atoms with Crippen LogP contribution in [-0.4, -0.2) is 72.7 Å². The molecule has 0 saturated carbocycles. The van der Waals surface area contributed by atoms with Gasteiger partial charge in [-0.2, -0.15) is 0 Å². The van der Waals surface area contributed by atoms with E-state index in [1.807, 2.05) is 11.8 Å². The van der Waals surface area contributed by atoms with Crippen molar-refractivity contribution in [2.24, 2.45) is 0 Å². The van der Waals surface area contributed by atoms with Crippen LogP contribution >= 0.6 is 0 Å². The molecule has 0 aromatic rings. The number of hydrogen-bond acceptors (Lipinski definition) is 4. The maximum absolute atomic E-state index is 11.8. The molecule has 1 N–H and O–H groups in total. The normalized spacial score (nSPS) is 16.8. The molecule has 104 valence electrons. The van der Waals surface area contributed by atoms with Gasteiger partial charge < -0.3 is 14.7 Å². The minimum atomic E-state index is -0.773. The smallest absolute Gasteiger partial charge is 0.304 e. The molecular weight excluding hydrogens is 236 g/mol. The molecule has 6 nitrogen and oxygen atoms in total. The van der Waals surface area contributed by atoms with Gasteiger partial charge in [0.1, 0.15) is 0 Å². The van der Waals surface area contributed by atoms with Crippen molar-refractivity contribution in [3.05, 3.63) is 0 Å². The van der Waals surface area contributed by atoms with Crippen molar-refractivity contribution < 1.29 is 19.4 Å². The van der Waals surface area contributed by atoms with Gasteiger partial charge in [0.2, 0.25) is 5.91 Å². The molecule has 0 unspecified atom stereocenters. The van der Waals surface area contributed by atoms with E-state index in [-0.39, 0.29) is 12.3 Å². The molecule has 18 heavy (non-hydrogen) atoms. The molecule has 0 aromatic heterocycles. The summed E-state index contributed by atoms with van der Waals surface area (Å²) in [6, 6.07) is 0. The predicted octanol–water partition coefficient (Wildman–Crippen LogP) is 0.0319. The number of carboxylic acid groups (broad SMARTS) is 1. The van der Waals surface area contributed by atoms with Gasteiger partial charge in [0.15, 0.2) is 0 Å². The van der Waals surface area contributed by atoms with E-state index in [1.165, 1.54) is 0 Å². The van der Waals surface area contributed by atoms with E-state index in [0.29, 0.717) is 39.3 Å². The van der Waals surface area contributed by atoms with Gasteiger partial charge >= 0.3 is 5.97 Å². The fourth-order valence-electron chi connectivity index (χ4n) is 1.94. The number of ether oxygens (including phenoxy) is 1. The third-order valence-corrected chi connectivity index (χ3v) is 3.03. The van der Waals surface area contributed by atoms with Gasteiger partial charge in [-0.3, -0.25) is 14.5 Å². The summed E-state index contributed by atoms with van der Waals surface area (Å²) in [4.78, 5) is 26.1. The second-order valence-corrected chi connectivity index (χ2v) is 4.31. The first-order valence-corrected chi connectivity index (χ1v) is 6.43. The summed E-state index contributed by atoms with van der Waals surface area (Å²) in [7, 11) is 0. The topological polar surface area (TPSA) is 70.1 Å². The van der Waals surface area contributed by atoms with E-state index in [9.17, 15) is 9.59 Å². The minimum Gasteiger partial charge on any atom is -0.481 e. The fraction of sp³-hybridized carbons (Fsp3) is 0.833. The second kappa shape index (κ2) is 8.05. The summed E-state index contributed by atoms with van der Waals surface area (Å²) < 4.78 is 5.16. The molecule has 0 atom stereocenters. The summed E-state index contributed by atoms with van der Waals surface area (Å²) >= 11 is 0. The monoisotopic (exact) mass is 258 g/mol. The number of carbonyl (C=O) groups excluding carboxylic acids is 1. The third kappa shape index (κ3) is 5.46. The van der Waals surface area contributed by atoms with Crippen LogP contribution in [0, 0.1) is 0 Å². The van der Waals surface area contributed by atoms with Gasteiger partial charge in [-0.15, -0.1) is 0 Å². The van der Waals surface area contributed by atoms with E-state index in [2.05, 4.69) is 4.90 Å². The number of amides is 1. The summed E-state index contributed by atoms with van der Waals surface area (Å²) in [5.41, 5.74) is 0. The summed E-state index contributed by atoms with van der Waals surface area (Å²) in [6.07, 6.45) is 0.598. The summed E-state index contributed by atoms with van der Waals surface area (Å²) in [5, 5.41) is 8.60. The van der Waals surface area contributed by atoms with Gasteiger partial charge in [-0.25, -0.2) is 0 Å². The summed E-state index contributed by atoms with van der Waals surface area (Å²) in [5.74, 6) is -0.647. The molecule has 1 aliphatic heterocycles. The Labute approximate surface area is 107 Å². The largest absolute Gasteiger partial charge is 0.481 e. The molecule has 1 rings (SSSR count). The predicted molar refractivity (Wildman–Crippen MR) is 66.4 cm³/mol. The van der Waals surface area contributed by atoms with Crippen molar-refractivity contribution in [1.29, 1.82) is 0 Å². The van der Waals surface area contributed by atoms with Crippen molar-refractivity contribution in [2.75, 3.05) is 45.9 Å². The lowest BCUT2D eigenvalue weighted by atomic mass is 10.2. The quantitative estimate of drug-likeness (QED) is 0.653. The summed E-state index contributed by atoms with van der Waals surface area (Å²) in [6.45, 7) is 6.48. The lowest BCUT2D eigenvalue weighted by Gasteiger charge is -2.34. The van der Waals surface area contributed by atoms with Crippen LogP contribution in [0.25, 0.3) is 0 Å². The Morgan fingerprint density at radius 1 is 1.17 bits per heavy atom. The number of carboxylic acids is 1. The number of nitrogens with zero attached hydrogens (tertiary/aromatic N) is 2. The van der Waals surface area contributed by atoms with Crippen LogP contribution in [0.1, 0.15) is 19.8 Å². The van der Waals surface area contributed by atoms with E-state index >= 15 is 0 Å². The van der Waals surface area contributed by atoms with Gasteiger partial charge in [0.25, 0.3) is 0 Å². The highest BCUT2D eigenvalue weighted by atomic mass is 16.5. The van der Waals surface area contributed by atoms with Crippen LogP contribution in [0.4, 0.5) is 0 Å². The van der Waals surface area contributed by atoms with Crippen LogP contribution in [0.5, 0.6) is 0 Å². The molecule has 0 bridgehead atoms. The van der Waals surface area contributed by atoms with Crippen LogP contribution in [0.2, 0.25) is 0 Å². The number of hydrogen-bond donors (Lipinski definition) is 1. The van der Waals surface area contributed by atoms with Gasteiger partial charge in [-0.05, 0) is 6.92 Å². The molecule has 0 radical (unpaired) electrons. The van der Waals surface area contributed by atoms with Crippen molar-refractivity contribution in [2.45, 2.75) is 19.8 Å². The molecule has 0 aliphatic carbocycles. The highest BCUT2D eigenvalue weighted by Gasteiger charge is 2.20. The van der Waals surface area contributed by atoms with E-state index < -0.39 is 5.97 Å². The van der Waals surface area contributed by atoms with Crippen LogP contribution in [0.3, 0.4) is 0 Å². The Morgan fingerprint density at radius 3 is 2.39 bits per heavy atom. The Hall–Kier alpha value is -1.14. The first kappa shape index (κ1) is 14.9. The Morgan fingerprint density at radius 2 is 1.83 bits per heavy atom. The molecule has 1 amide bonds. The molecule has 0 spiro atoms. The van der Waals surface area contributed by atoms with Crippen LogP contribution in [-0.2, 0) is 14.3 Å². The molecule has 6 heteroatoms. The Bertz CT molecular complexity index is 275. The van der Waals surface area contributed by atoms with Crippen LogP contribution in [0.15, 0.2) is 0 Å².